The molecule has 18 heavy (non-hydrogen) atoms. The summed E-state index contributed by atoms with van der Waals surface area (Å²) in [5.74, 6) is 1.40. The number of guanidine groups is 1. The zero-order valence-corrected chi connectivity index (χ0v) is 11.5. The summed E-state index contributed by atoms with van der Waals surface area (Å²) in [6.45, 7) is 2.42. The van der Waals surface area contributed by atoms with E-state index < -0.39 is 10.0 Å². The lowest BCUT2D eigenvalue weighted by Crippen LogP contribution is -2.39. The molecular formula is C11H22N4O2S. The van der Waals surface area contributed by atoms with Crippen molar-refractivity contribution in [2.75, 3.05) is 31.9 Å². The van der Waals surface area contributed by atoms with Crippen LogP contribution in [0.4, 0.5) is 0 Å². The van der Waals surface area contributed by atoms with Gasteiger partial charge < -0.3 is 11.1 Å². The van der Waals surface area contributed by atoms with Crippen molar-refractivity contribution in [1.82, 2.24) is 9.62 Å². The molecule has 0 aromatic heterocycles. The zero-order valence-electron chi connectivity index (χ0n) is 10.6. The molecule has 0 bridgehead atoms. The van der Waals surface area contributed by atoms with Gasteiger partial charge in [-0.1, -0.05) is 6.42 Å². The minimum atomic E-state index is -2.99. The Kier molecular flexibility index (Phi) is 4.45. The molecule has 2 aliphatic rings. The minimum absolute atomic E-state index is 0.276. The molecule has 1 heterocycles. The van der Waals surface area contributed by atoms with E-state index in [2.05, 4.69) is 10.3 Å². The normalized spacial score (nSPS) is 25.0. The highest BCUT2D eigenvalue weighted by Crippen LogP contribution is 2.26. The first-order valence-corrected chi connectivity index (χ1v) is 8.20. The summed E-state index contributed by atoms with van der Waals surface area (Å²) in [4.78, 5) is 4.26. The Hall–Kier alpha value is -0.820. The van der Waals surface area contributed by atoms with Crippen molar-refractivity contribution < 1.29 is 8.42 Å². The van der Waals surface area contributed by atoms with Gasteiger partial charge in [-0.05, 0) is 25.2 Å². The lowest BCUT2D eigenvalue weighted by atomic mass is 9.86. The van der Waals surface area contributed by atoms with Crippen molar-refractivity contribution in [1.29, 1.82) is 0 Å². The summed E-state index contributed by atoms with van der Waals surface area (Å²) in [6, 6.07) is 0. The van der Waals surface area contributed by atoms with Crippen LogP contribution in [0.1, 0.15) is 25.7 Å². The Balaban J connectivity index is 1.65. The predicted octanol–water partition coefficient (Wildman–Crippen LogP) is -0.274. The average Bonchev–Trinajstić information content (AvgIpc) is 2.56. The Morgan fingerprint density at radius 1 is 1.39 bits per heavy atom. The molecule has 7 heteroatoms. The molecule has 104 valence electrons. The predicted molar refractivity (Wildman–Crippen MR) is 71.8 cm³/mol. The maximum absolute atomic E-state index is 11.5. The molecule has 0 aromatic carbocycles. The van der Waals surface area contributed by atoms with Gasteiger partial charge in [0.25, 0.3) is 0 Å². The highest BCUT2D eigenvalue weighted by molar-refractivity contribution is 7.89. The molecule has 1 saturated heterocycles. The fraction of sp³-hybridized carbons (Fsp3) is 0.909. The average molecular weight is 274 g/mol. The van der Waals surface area contributed by atoms with Crippen molar-refractivity contribution in [2.24, 2.45) is 16.6 Å². The largest absolute Gasteiger partial charge is 0.370 e. The van der Waals surface area contributed by atoms with Gasteiger partial charge in [0.2, 0.25) is 10.0 Å². The van der Waals surface area contributed by atoms with Gasteiger partial charge in [0.15, 0.2) is 5.96 Å². The summed E-state index contributed by atoms with van der Waals surface area (Å²) < 4.78 is 24.6. The molecule has 2 fully saturated rings. The lowest BCUT2D eigenvalue weighted by Gasteiger charge is -2.23. The van der Waals surface area contributed by atoms with Crippen LogP contribution < -0.4 is 11.1 Å². The second-order valence-electron chi connectivity index (χ2n) is 5.02. The molecule has 6 nitrogen and oxygen atoms in total. The maximum atomic E-state index is 11.5. The fourth-order valence-electron chi connectivity index (χ4n) is 2.21. The minimum Gasteiger partial charge on any atom is -0.370 e. The van der Waals surface area contributed by atoms with E-state index in [1.807, 2.05) is 0 Å². The van der Waals surface area contributed by atoms with Crippen LogP contribution in [0, 0.1) is 5.92 Å². The molecule has 2 rings (SSSR count). The van der Waals surface area contributed by atoms with E-state index in [9.17, 15) is 8.42 Å². The molecule has 0 atom stereocenters. The molecule has 0 aromatic rings. The molecule has 0 spiro atoms. The lowest BCUT2D eigenvalue weighted by molar-refractivity contribution is 0.326. The number of nitrogens with two attached hydrogens (primary N) is 1. The fourth-order valence-corrected chi connectivity index (χ4v) is 3.74. The number of hydrogen-bond donors (Lipinski definition) is 2. The zero-order chi connectivity index (χ0) is 13.0. The number of nitrogens with zero attached hydrogens (tertiary/aromatic N) is 2. The van der Waals surface area contributed by atoms with Crippen LogP contribution in [-0.4, -0.2) is 50.6 Å². The van der Waals surface area contributed by atoms with Crippen LogP contribution in [0.3, 0.4) is 0 Å². The van der Waals surface area contributed by atoms with Gasteiger partial charge in [-0.25, -0.2) is 12.7 Å². The molecule has 0 radical (unpaired) electrons. The molecule has 3 N–H and O–H groups in total. The van der Waals surface area contributed by atoms with E-state index in [0.717, 1.165) is 13.0 Å². The summed E-state index contributed by atoms with van der Waals surface area (Å²) in [5, 5.41) is 2.97. The van der Waals surface area contributed by atoms with Crippen LogP contribution in [0.25, 0.3) is 0 Å². The third kappa shape index (κ3) is 3.58. The highest BCUT2D eigenvalue weighted by atomic mass is 32.2. The Bertz CT molecular complexity index is 403. The van der Waals surface area contributed by atoms with Crippen molar-refractivity contribution in [3.8, 4) is 0 Å². The molecule has 1 aliphatic heterocycles. The Morgan fingerprint density at radius 3 is 2.72 bits per heavy atom. The number of sulfonamides is 1. The number of aliphatic imine (C=N–C) groups is 1. The molecular weight excluding hydrogens is 252 g/mol. The molecule has 0 unspecified atom stereocenters. The second-order valence-corrected chi connectivity index (χ2v) is 7.11. The first-order valence-electron chi connectivity index (χ1n) is 6.59. The first kappa shape index (κ1) is 13.6. The van der Waals surface area contributed by atoms with Gasteiger partial charge >= 0.3 is 0 Å². The first-order chi connectivity index (χ1) is 8.58. The van der Waals surface area contributed by atoms with Crippen LogP contribution in [0.2, 0.25) is 0 Å². The smallest absolute Gasteiger partial charge is 0.214 e. The van der Waals surface area contributed by atoms with Gasteiger partial charge in [0.1, 0.15) is 0 Å². The van der Waals surface area contributed by atoms with Gasteiger partial charge in [-0.3, -0.25) is 4.99 Å². The number of hydrogen-bond acceptors (Lipinski definition) is 3. The molecule has 0 amide bonds. The summed E-state index contributed by atoms with van der Waals surface area (Å²) in [6.07, 6.45) is 4.54. The third-order valence-electron chi connectivity index (χ3n) is 3.62. The van der Waals surface area contributed by atoms with Crippen LogP contribution in [0.15, 0.2) is 4.99 Å². The van der Waals surface area contributed by atoms with E-state index in [1.54, 1.807) is 0 Å². The van der Waals surface area contributed by atoms with Crippen LogP contribution in [-0.2, 0) is 10.0 Å². The SMILES string of the molecule is NC(=NCC1CCC1)NCCN1CCCS1(=O)=O. The molecule has 1 aliphatic carbocycles. The standard InChI is InChI=1S/C11H22N4O2S/c12-11(14-9-10-3-1-4-10)13-5-7-15-6-2-8-18(15,16)17/h10H,1-9H2,(H3,12,13,14). The van der Waals surface area contributed by atoms with Gasteiger partial charge in [0, 0.05) is 26.2 Å². The van der Waals surface area contributed by atoms with E-state index >= 15 is 0 Å². The summed E-state index contributed by atoms with van der Waals surface area (Å²) in [5.41, 5.74) is 5.72. The number of nitrogens with one attached hydrogen (secondary N) is 1. The van der Waals surface area contributed by atoms with E-state index in [4.69, 9.17) is 5.73 Å². The van der Waals surface area contributed by atoms with Crippen molar-refractivity contribution in [2.45, 2.75) is 25.7 Å². The Labute approximate surface area is 109 Å². The van der Waals surface area contributed by atoms with E-state index in [1.165, 1.54) is 23.6 Å². The monoisotopic (exact) mass is 274 g/mol. The highest BCUT2D eigenvalue weighted by Gasteiger charge is 2.27. The number of rotatable bonds is 5. The van der Waals surface area contributed by atoms with Gasteiger partial charge in [-0.15, -0.1) is 0 Å². The van der Waals surface area contributed by atoms with Gasteiger partial charge in [0.05, 0.1) is 5.75 Å². The van der Waals surface area contributed by atoms with E-state index in [-0.39, 0.29) is 5.75 Å². The van der Waals surface area contributed by atoms with E-state index in [0.29, 0.717) is 31.5 Å². The van der Waals surface area contributed by atoms with Crippen molar-refractivity contribution in [3.05, 3.63) is 0 Å². The summed E-state index contributed by atoms with van der Waals surface area (Å²) >= 11 is 0. The van der Waals surface area contributed by atoms with Crippen molar-refractivity contribution in [3.63, 3.8) is 0 Å². The van der Waals surface area contributed by atoms with Gasteiger partial charge in [-0.2, -0.15) is 0 Å². The van der Waals surface area contributed by atoms with Crippen LogP contribution in [0.5, 0.6) is 0 Å². The summed E-state index contributed by atoms with van der Waals surface area (Å²) in [7, 11) is -2.99. The van der Waals surface area contributed by atoms with Crippen LogP contribution >= 0.6 is 0 Å². The second kappa shape index (κ2) is 5.88. The van der Waals surface area contributed by atoms with Crippen molar-refractivity contribution >= 4 is 16.0 Å². The topological polar surface area (TPSA) is 87.8 Å². The maximum Gasteiger partial charge on any atom is 0.214 e. The molecule has 1 saturated carbocycles. The third-order valence-corrected chi connectivity index (χ3v) is 5.57. The quantitative estimate of drug-likeness (QED) is 0.533. The Morgan fingerprint density at radius 2 is 2.17 bits per heavy atom.